The fourth-order valence-corrected chi connectivity index (χ4v) is 2.78. The molecule has 1 heterocycles. The second-order valence-corrected chi connectivity index (χ2v) is 5.17. The summed E-state index contributed by atoms with van der Waals surface area (Å²) in [5, 5.41) is 9.51. The Morgan fingerprint density at radius 2 is 1.57 bits per heavy atom. The van der Waals surface area contributed by atoms with Gasteiger partial charge in [0, 0.05) is 11.1 Å². The first-order chi connectivity index (χ1) is 11.2. The molecule has 1 aliphatic rings. The molecule has 0 amide bonds. The minimum absolute atomic E-state index is 0.0209. The second-order valence-electron chi connectivity index (χ2n) is 5.17. The summed E-state index contributed by atoms with van der Waals surface area (Å²) in [7, 11) is 0. The van der Waals surface area contributed by atoms with Crippen molar-refractivity contribution in [1.82, 2.24) is 9.97 Å². The summed E-state index contributed by atoms with van der Waals surface area (Å²) in [6.07, 6.45) is 0. The van der Waals surface area contributed by atoms with Crippen LogP contribution in [0.4, 0.5) is 0 Å². The molecule has 0 unspecified atom stereocenters. The number of hydrogen-bond acceptors (Lipinski definition) is 4. The van der Waals surface area contributed by atoms with Crippen LogP contribution in [0.15, 0.2) is 54.1 Å². The summed E-state index contributed by atoms with van der Waals surface area (Å²) in [5.41, 5.74) is 1.94. The zero-order valence-electron chi connectivity index (χ0n) is 11.8. The Morgan fingerprint density at radius 3 is 2.17 bits per heavy atom. The fraction of sp³-hybridized carbons (Fsp3) is 0. The molecule has 0 aliphatic heterocycles. The van der Waals surface area contributed by atoms with E-state index in [1.165, 1.54) is 0 Å². The number of carbonyl (C=O) groups is 2. The number of para-hydroxylation sites is 2. The second kappa shape index (κ2) is 4.75. The summed E-state index contributed by atoms with van der Waals surface area (Å²) in [6, 6.07) is 15.8. The van der Waals surface area contributed by atoms with Gasteiger partial charge in [0.15, 0.2) is 11.6 Å². The van der Waals surface area contributed by atoms with Crippen LogP contribution >= 0.6 is 0 Å². The van der Waals surface area contributed by atoms with Crippen molar-refractivity contribution in [1.29, 1.82) is 5.26 Å². The predicted octanol–water partition coefficient (Wildman–Crippen LogP) is 2.92. The molecular formula is C18H9N3O2. The van der Waals surface area contributed by atoms with Crippen LogP contribution in [0, 0.1) is 11.3 Å². The number of rotatable bonds is 1. The monoisotopic (exact) mass is 299 g/mol. The Kier molecular flexibility index (Phi) is 2.72. The molecular weight excluding hydrogens is 290 g/mol. The summed E-state index contributed by atoms with van der Waals surface area (Å²) >= 11 is 0. The number of aromatic amines is 1. The fourth-order valence-electron chi connectivity index (χ4n) is 2.78. The van der Waals surface area contributed by atoms with E-state index in [-0.39, 0.29) is 17.0 Å². The van der Waals surface area contributed by atoms with Gasteiger partial charge >= 0.3 is 0 Å². The third-order valence-corrected chi connectivity index (χ3v) is 3.86. The maximum Gasteiger partial charge on any atom is 0.199 e. The van der Waals surface area contributed by atoms with Gasteiger partial charge < -0.3 is 4.98 Å². The molecule has 0 saturated heterocycles. The lowest BCUT2D eigenvalue weighted by Gasteiger charge is -1.97. The molecule has 0 radical (unpaired) electrons. The number of imidazole rings is 1. The number of ketones is 2. The average Bonchev–Trinajstić information content (AvgIpc) is 3.11. The van der Waals surface area contributed by atoms with Gasteiger partial charge in [0.1, 0.15) is 17.5 Å². The van der Waals surface area contributed by atoms with E-state index in [4.69, 9.17) is 0 Å². The number of aromatic nitrogens is 2. The number of fused-ring (bicyclic) bond motifs is 2. The van der Waals surface area contributed by atoms with E-state index >= 15 is 0 Å². The van der Waals surface area contributed by atoms with Crippen LogP contribution < -0.4 is 0 Å². The van der Waals surface area contributed by atoms with Gasteiger partial charge in [-0.25, -0.2) is 4.98 Å². The number of nitrogens with zero attached hydrogens (tertiary/aromatic N) is 2. The van der Waals surface area contributed by atoms with Crippen molar-refractivity contribution in [2.24, 2.45) is 0 Å². The smallest absolute Gasteiger partial charge is 0.199 e. The van der Waals surface area contributed by atoms with Gasteiger partial charge in [0.2, 0.25) is 0 Å². The summed E-state index contributed by atoms with van der Waals surface area (Å²) in [5.74, 6) is -0.622. The number of nitrogens with one attached hydrogen (secondary N) is 1. The number of Topliss-reactive ketones (excluding diaryl/α,β-unsaturated/α-hetero) is 2. The van der Waals surface area contributed by atoms with Crippen LogP contribution in [0.2, 0.25) is 0 Å². The van der Waals surface area contributed by atoms with Crippen molar-refractivity contribution < 1.29 is 9.59 Å². The van der Waals surface area contributed by atoms with Crippen molar-refractivity contribution in [2.45, 2.75) is 0 Å². The third-order valence-electron chi connectivity index (χ3n) is 3.86. The number of allylic oxidation sites excluding steroid dienone is 2. The molecule has 5 nitrogen and oxygen atoms in total. The first-order valence-electron chi connectivity index (χ1n) is 6.98. The molecule has 1 aromatic heterocycles. The van der Waals surface area contributed by atoms with Crippen molar-refractivity contribution in [3.05, 3.63) is 71.1 Å². The van der Waals surface area contributed by atoms with Crippen molar-refractivity contribution >= 4 is 28.2 Å². The topological polar surface area (TPSA) is 86.6 Å². The highest BCUT2D eigenvalue weighted by atomic mass is 16.2. The van der Waals surface area contributed by atoms with Gasteiger partial charge in [-0.2, -0.15) is 5.26 Å². The van der Waals surface area contributed by atoms with Crippen molar-refractivity contribution in [2.75, 3.05) is 0 Å². The van der Waals surface area contributed by atoms with Crippen LogP contribution in [0.5, 0.6) is 0 Å². The Hall–Kier alpha value is -3.52. The first kappa shape index (κ1) is 13.2. The van der Waals surface area contributed by atoms with E-state index in [2.05, 4.69) is 9.97 Å². The Labute approximate surface area is 130 Å². The number of carbonyl (C=O) groups excluding carboxylic acids is 2. The molecule has 0 bridgehead atoms. The van der Waals surface area contributed by atoms with Crippen LogP contribution in [-0.2, 0) is 0 Å². The molecule has 0 saturated carbocycles. The molecule has 5 heteroatoms. The van der Waals surface area contributed by atoms with Gasteiger partial charge in [-0.3, -0.25) is 9.59 Å². The molecule has 1 N–H and O–H groups in total. The minimum Gasteiger partial charge on any atom is -0.337 e. The highest BCUT2D eigenvalue weighted by Crippen LogP contribution is 2.31. The van der Waals surface area contributed by atoms with E-state index < -0.39 is 11.6 Å². The molecule has 108 valence electrons. The highest BCUT2D eigenvalue weighted by molar-refractivity contribution is 6.42. The highest BCUT2D eigenvalue weighted by Gasteiger charge is 2.36. The molecule has 1 aliphatic carbocycles. The van der Waals surface area contributed by atoms with Crippen molar-refractivity contribution in [3.63, 3.8) is 0 Å². The largest absolute Gasteiger partial charge is 0.337 e. The predicted molar refractivity (Wildman–Crippen MR) is 83.7 cm³/mol. The van der Waals surface area contributed by atoms with Gasteiger partial charge in [-0.05, 0) is 12.1 Å². The molecule has 3 aromatic rings. The maximum absolute atomic E-state index is 12.5. The molecule has 23 heavy (non-hydrogen) atoms. The molecule has 0 spiro atoms. The Morgan fingerprint density at radius 1 is 0.957 bits per heavy atom. The lowest BCUT2D eigenvalue weighted by molar-refractivity contribution is 0.0990. The van der Waals surface area contributed by atoms with Crippen LogP contribution in [0.25, 0.3) is 16.6 Å². The van der Waals surface area contributed by atoms with Crippen LogP contribution in [0.1, 0.15) is 26.5 Å². The van der Waals surface area contributed by atoms with Gasteiger partial charge in [0.25, 0.3) is 0 Å². The van der Waals surface area contributed by atoms with Crippen LogP contribution in [0.3, 0.4) is 0 Å². The summed E-state index contributed by atoms with van der Waals surface area (Å²) < 4.78 is 0. The van der Waals surface area contributed by atoms with Crippen molar-refractivity contribution in [3.8, 4) is 6.07 Å². The Bertz CT molecular complexity index is 997. The van der Waals surface area contributed by atoms with Gasteiger partial charge in [-0.1, -0.05) is 36.4 Å². The van der Waals surface area contributed by atoms with E-state index in [0.717, 1.165) is 5.52 Å². The first-order valence-corrected chi connectivity index (χ1v) is 6.98. The lowest BCUT2D eigenvalue weighted by Crippen LogP contribution is -2.05. The van der Waals surface area contributed by atoms with Gasteiger partial charge in [-0.15, -0.1) is 0 Å². The zero-order valence-corrected chi connectivity index (χ0v) is 11.8. The quantitative estimate of drug-likeness (QED) is 0.425. The maximum atomic E-state index is 12.5. The number of hydrogen-bond donors (Lipinski definition) is 1. The third kappa shape index (κ3) is 1.82. The van der Waals surface area contributed by atoms with Crippen LogP contribution in [-0.4, -0.2) is 21.5 Å². The minimum atomic E-state index is -0.428. The molecule has 2 aromatic carbocycles. The van der Waals surface area contributed by atoms with E-state index in [0.29, 0.717) is 16.6 Å². The lowest BCUT2D eigenvalue weighted by atomic mass is 10.0. The SMILES string of the molecule is N#CC(=C1C(=O)c2ccccc2C1=O)c1nc2ccccc2[nH]1. The average molecular weight is 299 g/mol. The Balaban J connectivity index is 1.96. The van der Waals surface area contributed by atoms with E-state index in [9.17, 15) is 14.9 Å². The molecule has 0 atom stereocenters. The molecule has 4 rings (SSSR count). The number of benzene rings is 2. The molecule has 0 fully saturated rings. The number of H-pyrrole nitrogens is 1. The van der Waals surface area contributed by atoms with E-state index in [1.807, 2.05) is 24.3 Å². The zero-order chi connectivity index (χ0) is 16.0. The van der Waals surface area contributed by atoms with Gasteiger partial charge in [0.05, 0.1) is 16.6 Å². The van der Waals surface area contributed by atoms with E-state index in [1.54, 1.807) is 30.3 Å². The normalized spacial score (nSPS) is 13.3. The summed E-state index contributed by atoms with van der Waals surface area (Å²) in [4.78, 5) is 32.4. The number of nitriles is 1. The summed E-state index contributed by atoms with van der Waals surface area (Å²) in [6.45, 7) is 0. The standard InChI is InChI=1S/C18H9N3O2/c19-9-12(18-20-13-7-3-4-8-14(13)21-18)15-16(22)10-5-1-2-6-11(10)17(15)23/h1-8H,(H,20,21).